The van der Waals surface area contributed by atoms with Crippen LogP contribution in [-0.2, 0) is 6.54 Å². The van der Waals surface area contributed by atoms with Crippen LogP contribution in [-0.4, -0.2) is 16.0 Å². The van der Waals surface area contributed by atoms with Gasteiger partial charge in [0.2, 0.25) is 0 Å². The van der Waals surface area contributed by atoms with Crippen molar-refractivity contribution in [1.29, 1.82) is 0 Å². The number of nitrogens with one attached hydrogen (secondary N) is 1. The molecule has 1 heterocycles. The van der Waals surface area contributed by atoms with Gasteiger partial charge in [0, 0.05) is 17.1 Å². The molecule has 0 bridgehead atoms. The van der Waals surface area contributed by atoms with Crippen LogP contribution in [0.2, 0.25) is 0 Å². The molecule has 88 valence electrons. The van der Waals surface area contributed by atoms with Gasteiger partial charge < -0.3 is 10.4 Å². The van der Waals surface area contributed by atoms with Crippen molar-refractivity contribution in [2.45, 2.75) is 13.5 Å². The van der Waals surface area contributed by atoms with Gasteiger partial charge in [0.15, 0.2) is 0 Å². The van der Waals surface area contributed by atoms with Crippen LogP contribution in [0.25, 0.3) is 0 Å². The number of aryl methyl sites for hydroxylation is 1. The summed E-state index contributed by atoms with van der Waals surface area (Å²) in [7, 11) is 0. The summed E-state index contributed by atoms with van der Waals surface area (Å²) < 4.78 is 0. The van der Waals surface area contributed by atoms with E-state index in [2.05, 4.69) is 10.3 Å². The molecule has 1 aromatic carbocycles. The van der Waals surface area contributed by atoms with Crippen molar-refractivity contribution in [1.82, 2.24) is 10.3 Å². The van der Waals surface area contributed by atoms with Crippen LogP contribution in [0, 0.1) is 6.92 Å². The van der Waals surface area contributed by atoms with Gasteiger partial charge in [-0.2, -0.15) is 0 Å². The first-order valence-corrected chi connectivity index (χ1v) is 6.01. The van der Waals surface area contributed by atoms with Crippen LogP contribution in [0.1, 0.15) is 20.9 Å². The van der Waals surface area contributed by atoms with Crippen LogP contribution < -0.4 is 5.32 Å². The number of phenolic OH excluding ortho intramolecular Hbond substituents is 1. The van der Waals surface area contributed by atoms with E-state index in [1.54, 1.807) is 25.3 Å². The smallest absolute Gasteiger partial charge is 0.251 e. The molecule has 0 atom stereocenters. The summed E-state index contributed by atoms with van der Waals surface area (Å²) in [4.78, 5) is 15.8. The molecule has 2 N–H and O–H groups in total. The minimum Gasteiger partial charge on any atom is -0.508 e. The maximum Gasteiger partial charge on any atom is 0.251 e. The Balaban J connectivity index is 2.02. The SMILES string of the molecule is Cc1ccc(C(=O)NCc2nccs2)cc1O. The highest BCUT2D eigenvalue weighted by molar-refractivity contribution is 7.09. The maximum atomic E-state index is 11.8. The fourth-order valence-electron chi connectivity index (χ4n) is 1.35. The van der Waals surface area contributed by atoms with Crippen molar-refractivity contribution in [2.75, 3.05) is 0 Å². The Morgan fingerprint density at radius 1 is 1.53 bits per heavy atom. The number of phenols is 1. The van der Waals surface area contributed by atoms with E-state index in [9.17, 15) is 9.90 Å². The number of carbonyl (C=O) groups excluding carboxylic acids is 1. The van der Waals surface area contributed by atoms with Gasteiger partial charge >= 0.3 is 0 Å². The van der Waals surface area contributed by atoms with E-state index in [1.165, 1.54) is 17.4 Å². The molecule has 4 nitrogen and oxygen atoms in total. The van der Waals surface area contributed by atoms with Gasteiger partial charge in [0.25, 0.3) is 5.91 Å². The molecule has 0 spiro atoms. The van der Waals surface area contributed by atoms with Crippen molar-refractivity contribution in [3.05, 3.63) is 45.9 Å². The normalized spacial score (nSPS) is 10.2. The molecule has 17 heavy (non-hydrogen) atoms. The predicted octanol–water partition coefficient (Wildman–Crippen LogP) is 2.09. The molecule has 1 aromatic heterocycles. The molecule has 2 rings (SSSR count). The summed E-state index contributed by atoms with van der Waals surface area (Å²) >= 11 is 1.49. The molecular weight excluding hydrogens is 236 g/mol. The second-order valence-corrected chi connectivity index (χ2v) is 4.59. The number of aromatic hydroxyl groups is 1. The number of thiazole rings is 1. The summed E-state index contributed by atoms with van der Waals surface area (Å²) in [6.45, 7) is 2.19. The Kier molecular flexibility index (Phi) is 3.39. The van der Waals surface area contributed by atoms with Crippen molar-refractivity contribution >= 4 is 17.2 Å². The Morgan fingerprint density at radius 3 is 3.00 bits per heavy atom. The lowest BCUT2D eigenvalue weighted by atomic mass is 10.1. The van der Waals surface area contributed by atoms with Gasteiger partial charge in [-0.1, -0.05) is 6.07 Å². The van der Waals surface area contributed by atoms with E-state index < -0.39 is 0 Å². The molecule has 2 aromatic rings. The van der Waals surface area contributed by atoms with Crippen molar-refractivity contribution in [3.8, 4) is 5.75 Å². The summed E-state index contributed by atoms with van der Waals surface area (Å²) in [6, 6.07) is 4.87. The average Bonchev–Trinajstić information content (AvgIpc) is 2.82. The topological polar surface area (TPSA) is 62.2 Å². The maximum absolute atomic E-state index is 11.8. The molecule has 0 aliphatic heterocycles. The van der Waals surface area contributed by atoms with E-state index in [-0.39, 0.29) is 11.7 Å². The highest BCUT2D eigenvalue weighted by Gasteiger charge is 2.07. The molecule has 0 saturated heterocycles. The first kappa shape index (κ1) is 11.6. The zero-order valence-electron chi connectivity index (χ0n) is 9.30. The molecule has 0 fully saturated rings. The highest BCUT2D eigenvalue weighted by atomic mass is 32.1. The second-order valence-electron chi connectivity index (χ2n) is 3.61. The van der Waals surface area contributed by atoms with Crippen LogP contribution in [0.15, 0.2) is 29.8 Å². The van der Waals surface area contributed by atoms with Crippen LogP contribution in [0.5, 0.6) is 5.75 Å². The van der Waals surface area contributed by atoms with E-state index in [4.69, 9.17) is 0 Å². The Hall–Kier alpha value is -1.88. The number of nitrogens with zero attached hydrogens (tertiary/aromatic N) is 1. The Bertz CT molecular complexity index is 523. The molecule has 0 saturated carbocycles. The van der Waals surface area contributed by atoms with Gasteiger partial charge in [-0.25, -0.2) is 4.98 Å². The lowest BCUT2D eigenvalue weighted by Crippen LogP contribution is -2.22. The van der Waals surface area contributed by atoms with Crippen LogP contribution in [0.4, 0.5) is 0 Å². The number of hydrogen-bond donors (Lipinski definition) is 2. The predicted molar refractivity (Wildman–Crippen MR) is 66.1 cm³/mol. The van der Waals surface area contributed by atoms with Crippen LogP contribution in [0.3, 0.4) is 0 Å². The lowest BCUT2D eigenvalue weighted by molar-refractivity contribution is 0.0950. The quantitative estimate of drug-likeness (QED) is 0.874. The average molecular weight is 248 g/mol. The van der Waals surface area contributed by atoms with Gasteiger partial charge in [-0.05, 0) is 24.6 Å². The number of benzene rings is 1. The highest BCUT2D eigenvalue weighted by Crippen LogP contribution is 2.17. The van der Waals surface area contributed by atoms with E-state index in [0.29, 0.717) is 12.1 Å². The number of aromatic nitrogens is 1. The molecule has 0 aliphatic rings. The summed E-state index contributed by atoms with van der Waals surface area (Å²) in [5, 5.41) is 15.0. The fraction of sp³-hybridized carbons (Fsp3) is 0.167. The third-order valence-electron chi connectivity index (χ3n) is 2.35. The number of rotatable bonds is 3. The Morgan fingerprint density at radius 2 is 2.35 bits per heavy atom. The number of carbonyl (C=O) groups is 1. The minimum atomic E-state index is -0.212. The van der Waals surface area contributed by atoms with Crippen molar-refractivity contribution < 1.29 is 9.90 Å². The van der Waals surface area contributed by atoms with E-state index >= 15 is 0 Å². The zero-order valence-corrected chi connectivity index (χ0v) is 10.1. The van der Waals surface area contributed by atoms with Gasteiger partial charge in [-0.3, -0.25) is 4.79 Å². The van der Waals surface area contributed by atoms with Gasteiger partial charge in [-0.15, -0.1) is 11.3 Å². The first-order chi connectivity index (χ1) is 8.16. The molecule has 0 unspecified atom stereocenters. The number of hydrogen-bond acceptors (Lipinski definition) is 4. The van der Waals surface area contributed by atoms with Crippen LogP contribution >= 0.6 is 11.3 Å². The minimum absolute atomic E-state index is 0.131. The largest absolute Gasteiger partial charge is 0.508 e. The Labute approximate surface area is 103 Å². The zero-order chi connectivity index (χ0) is 12.3. The number of amides is 1. The second kappa shape index (κ2) is 4.97. The monoisotopic (exact) mass is 248 g/mol. The van der Waals surface area contributed by atoms with Gasteiger partial charge in [0.1, 0.15) is 10.8 Å². The standard InChI is InChI=1S/C12H12N2O2S/c1-8-2-3-9(6-10(8)15)12(16)14-7-11-13-4-5-17-11/h2-6,15H,7H2,1H3,(H,14,16). The lowest BCUT2D eigenvalue weighted by Gasteiger charge is -2.05. The molecule has 0 radical (unpaired) electrons. The van der Waals surface area contributed by atoms with E-state index in [0.717, 1.165) is 10.6 Å². The van der Waals surface area contributed by atoms with E-state index in [1.807, 2.05) is 5.38 Å². The summed E-state index contributed by atoms with van der Waals surface area (Å²) in [6.07, 6.45) is 1.70. The third-order valence-corrected chi connectivity index (χ3v) is 3.13. The first-order valence-electron chi connectivity index (χ1n) is 5.13. The third kappa shape index (κ3) is 2.82. The summed E-state index contributed by atoms with van der Waals surface area (Å²) in [5.41, 5.74) is 1.20. The molecule has 5 heteroatoms. The molecule has 1 amide bonds. The molecular formula is C12H12N2O2S. The van der Waals surface area contributed by atoms with Crippen molar-refractivity contribution in [3.63, 3.8) is 0 Å². The fourth-order valence-corrected chi connectivity index (χ4v) is 1.90. The van der Waals surface area contributed by atoms with Crippen molar-refractivity contribution in [2.24, 2.45) is 0 Å². The summed E-state index contributed by atoms with van der Waals surface area (Å²) in [5.74, 6) is -0.0811. The molecule has 0 aliphatic carbocycles. The van der Waals surface area contributed by atoms with Gasteiger partial charge in [0.05, 0.1) is 6.54 Å².